The number of nitrogens with zero attached hydrogens (tertiary/aromatic N) is 2. The molecule has 0 atom stereocenters. The maximum Gasteiger partial charge on any atom is 0.323 e. The molecule has 0 radical (unpaired) electrons. The van der Waals surface area contributed by atoms with Crippen molar-refractivity contribution in [2.45, 2.75) is 6.04 Å². The molecule has 0 bridgehead atoms. The minimum atomic E-state index is -0.803. The molecule has 2 rings (SSSR count). The highest BCUT2D eigenvalue weighted by Crippen LogP contribution is 2.27. The van der Waals surface area contributed by atoms with Gasteiger partial charge in [-0.15, -0.1) is 0 Å². The molecular formula is C8H11N3O2S. The number of aliphatic carboxylic acids is 1. The third-order valence-electron chi connectivity index (χ3n) is 2.18. The number of thioether (sulfide) groups is 1. The standard InChI is InChI=1S/C8H11N3O2S/c12-8(13)3-11(7-4-14-5-7)6-1-9-10-2-6/h1-2,7H,3-5H2,(H,9,10)(H,12,13). The van der Waals surface area contributed by atoms with Crippen molar-refractivity contribution in [1.82, 2.24) is 10.2 Å². The van der Waals surface area contributed by atoms with Crippen LogP contribution in [0.4, 0.5) is 5.69 Å². The van der Waals surface area contributed by atoms with Crippen LogP contribution in [-0.4, -0.2) is 45.4 Å². The molecule has 2 heterocycles. The Labute approximate surface area is 85.5 Å². The van der Waals surface area contributed by atoms with Crippen molar-refractivity contribution >= 4 is 23.4 Å². The minimum Gasteiger partial charge on any atom is -0.480 e. The number of hydrogen-bond acceptors (Lipinski definition) is 4. The first-order chi connectivity index (χ1) is 6.77. The van der Waals surface area contributed by atoms with E-state index < -0.39 is 5.97 Å². The zero-order valence-corrected chi connectivity index (χ0v) is 8.33. The Bertz CT molecular complexity index is 310. The van der Waals surface area contributed by atoms with Crippen molar-refractivity contribution in [2.24, 2.45) is 0 Å². The largest absolute Gasteiger partial charge is 0.480 e. The number of nitrogens with one attached hydrogen (secondary N) is 1. The van der Waals surface area contributed by atoms with Crippen LogP contribution < -0.4 is 4.90 Å². The Hall–Kier alpha value is -1.17. The monoisotopic (exact) mass is 213 g/mol. The van der Waals surface area contributed by atoms with E-state index in [0.717, 1.165) is 17.2 Å². The summed E-state index contributed by atoms with van der Waals surface area (Å²) in [6.07, 6.45) is 3.39. The SMILES string of the molecule is O=C(O)CN(c1cn[nH]c1)C1CSC1. The van der Waals surface area contributed by atoms with Crippen molar-refractivity contribution in [1.29, 1.82) is 0 Å². The molecular weight excluding hydrogens is 202 g/mol. The van der Waals surface area contributed by atoms with Crippen molar-refractivity contribution in [3.05, 3.63) is 12.4 Å². The molecule has 5 nitrogen and oxygen atoms in total. The molecule has 0 aromatic carbocycles. The number of hydrogen-bond donors (Lipinski definition) is 2. The molecule has 1 aliphatic rings. The number of carboxylic acid groups (broad SMARTS) is 1. The Kier molecular flexibility index (Phi) is 2.62. The number of rotatable bonds is 4. The van der Waals surface area contributed by atoms with E-state index >= 15 is 0 Å². The summed E-state index contributed by atoms with van der Waals surface area (Å²) in [4.78, 5) is 12.5. The summed E-state index contributed by atoms with van der Waals surface area (Å²) in [5.41, 5.74) is 0.859. The first-order valence-electron chi connectivity index (χ1n) is 4.32. The quantitative estimate of drug-likeness (QED) is 0.758. The second kappa shape index (κ2) is 3.91. The molecule has 1 aromatic rings. The van der Waals surface area contributed by atoms with E-state index in [1.165, 1.54) is 0 Å². The maximum absolute atomic E-state index is 10.7. The fourth-order valence-corrected chi connectivity index (χ4v) is 2.19. The van der Waals surface area contributed by atoms with Gasteiger partial charge < -0.3 is 10.0 Å². The van der Waals surface area contributed by atoms with Gasteiger partial charge >= 0.3 is 5.97 Å². The van der Waals surface area contributed by atoms with E-state index in [1.54, 1.807) is 12.4 Å². The van der Waals surface area contributed by atoms with Gasteiger partial charge in [-0.2, -0.15) is 16.9 Å². The lowest BCUT2D eigenvalue weighted by atomic mass is 10.3. The number of H-pyrrole nitrogens is 1. The third-order valence-corrected chi connectivity index (χ3v) is 3.42. The van der Waals surface area contributed by atoms with Gasteiger partial charge in [-0.1, -0.05) is 0 Å². The van der Waals surface area contributed by atoms with E-state index in [9.17, 15) is 4.79 Å². The van der Waals surface area contributed by atoms with Crippen LogP contribution in [0.15, 0.2) is 12.4 Å². The molecule has 1 saturated heterocycles. The Balaban J connectivity index is 2.09. The summed E-state index contributed by atoms with van der Waals surface area (Å²) >= 11 is 1.83. The lowest BCUT2D eigenvalue weighted by Crippen LogP contribution is -2.46. The zero-order chi connectivity index (χ0) is 9.97. The van der Waals surface area contributed by atoms with Gasteiger partial charge in [0, 0.05) is 23.7 Å². The molecule has 76 valence electrons. The van der Waals surface area contributed by atoms with Crippen LogP contribution in [0.5, 0.6) is 0 Å². The van der Waals surface area contributed by atoms with Crippen molar-refractivity contribution < 1.29 is 9.90 Å². The lowest BCUT2D eigenvalue weighted by molar-refractivity contribution is -0.135. The smallest absolute Gasteiger partial charge is 0.323 e. The van der Waals surface area contributed by atoms with Crippen LogP contribution in [0.25, 0.3) is 0 Å². The topological polar surface area (TPSA) is 69.2 Å². The van der Waals surface area contributed by atoms with Crippen molar-refractivity contribution in [2.75, 3.05) is 23.0 Å². The van der Waals surface area contributed by atoms with E-state index in [4.69, 9.17) is 5.11 Å². The van der Waals surface area contributed by atoms with Gasteiger partial charge in [0.15, 0.2) is 0 Å². The molecule has 1 aromatic heterocycles. The molecule has 0 amide bonds. The average Bonchev–Trinajstić information content (AvgIpc) is 2.49. The number of aromatic nitrogens is 2. The molecule has 0 spiro atoms. The third kappa shape index (κ3) is 1.84. The van der Waals surface area contributed by atoms with Gasteiger partial charge in [-0.25, -0.2) is 0 Å². The fourth-order valence-electron chi connectivity index (χ4n) is 1.38. The highest BCUT2D eigenvalue weighted by molar-refractivity contribution is 8.00. The van der Waals surface area contributed by atoms with Gasteiger partial charge in [0.1, 0.15) is 6.54 Å². The number of carboxylic acids is 1. The van der Waals surface area contributed by atoms with Crippen LogP contribution >= 0.6 is 11.8 Å². The number of anilines is 1. The highest BCUT2D eigenvalue weighted by atomic mass is 32.2. The Morgan fingerprint density at radius 2 is 2.57 bits per heavy atom. The number of carbonyl (C=O) groups is 1. The van der Waals surface area contributed by atoms with Crippen LogP contribution in [0.3, 0.4) is 0 Å². The van der Waals surface area contributed by atoms with Crippen LogP contribution in [0.2, 0.25) is 0 Å². The molecule has 6 heteroatoms. The van der Waals surface area contributed by atoms with Crippen molar-refractivity contribution in [3.63, 3.8) is 0 Å². The minimum absolute atomic E-state index is 0.0464. The fraction of sp³-hybridized carbons (Fsp3) is 0.500. The normalized spacial score (nSPS) is 16.3. The summed E-state index contributed by atoms with van der Waals surface area (Å²) in [5.74, 6) is 1.19. The Morgan fingerprint density at radius 3 is 3.00 bits per heavy atom. The molecule has 2 N–H and O–H groups in total. The lowest BCUT2D eigenvalue weighted by Gasteiger charge is -2.36. The van der Waals surface area contributed by atoms with E-state index in [1.807, 2.05) is 16.7 Å². The first-order valence-corrected chi connectivity index (χ1v) is 5.48. The highest BCUT2D eigenvalue weighted by Gasteiger charge is 2.27. The zero-order valence-electron chi connectivity index (χ0n) is 7.51. The Morgan fingerprint density at radius 1 is 1.79 bits per heavy atom. The van der Waals surface area contributed by atoms with E-state index in [-0.39, 0.29) is 6.54 Å². The van der Waals surface area contributed by atoms with Gasteiger partial charge in [0.2, 0.25) is 0 Å². The van der Waals surface area contributed by atoms with Crippen LogP contribution in [-0.2, 0) is 4.79 Å². The summed E-state index contributed by atoms with van der Waals surface area (Å²) in [7, 11) is 0. The molecule has 0 unspecified atom stereocenters. The first kappa shape index (κ1) is 9.39. The average molecular weight is 213 g/mol. The second-order valence-corrected chi connectivity index (χ2v) is 4.24. The van der Waals surface area contributed by atoms with Gasteiger partial charge in [-0.3, -0.25) is 9.89 Å². The maximum atomic E-state index is 10.7. The molecule has 1 fully saturated rings. The second-order valence-electron chi connectivity index (χ2n) is 3.17. The molecule has 0 aliphatic carbocycles. The van der Waals surface area contributed by atoms with Crippen LogP contribution in [0.1, 0.15) is 0 Å². The van der Waals surface area contributed by atoms with Crippen LogP contribution in [0, 0.1) is 0 Å². The summed E-state index contributed by atoms with van der Waals surface area (Å²) in [5, 5.41) is 15.3. The summed E-state index contributed by atoms with van der Waals surface area (Å²) in [6.45, 7) is 0.0464. The van der Waals surface area contributed by atoms with Gasteiger partial charge in [0.25, 0.3) is 0 Å². The van der Waals surface area contributed by atoms with Crippen molar-refractivity contribution in [3.8, 4) is 0 Å². The molecule has 1 aliphatic heterocycles. The predicted octanol–water partition coefficient (Wildman–Crippen LogP) is 0.416. The van der Waals surface area contributed by atoms with Gasteiger partial charge in [-0.05, 0) is 0 Å². The van der Waals surface area contributed by atoms with E-state index in [2.05, 4.69) is 10.2 Å². The molecule has 14 heavy (non-hydrogen) atoms. The van der Waals surface area contributed by atoms with E-state index in [0.29, 0.717) is 6.04 Å². The molecule has 0 saturated carbocycles. The summed E-state index contributed by atoms with van der Waals surface area (Å²) < 4.78 is 0. The summed E-state index contributed by atoms with van der Waals surface area (Å²) in [6, 6.07) is 0.341. The van der Waals surface area contributed by atoms with Gasteiger partial charge in [0.05, 0.1) is 11.9 Å². The number of aromatic amines is 1. The predicted molar refractivity (Wildman–Crippen MR) is 54.7 cm³/mol.